The number of aromatic nitrogens is 5. The fraction of sp³-hybridized carbons (Fsp3) is 0.167. The molecule has 0 aliphatic heterocycles. The van der Waals surface area contributed by atoms with E-state index in [0.29, 0.717) is 22.9 Å². The number of hydrogen-bond donors (Lipinski definition) is 4. The van der Waals surface area contributed by atoms with Gasteiger partial charge in [0.1, 0.15) is 11.5 Å². The van der Waals surface area contributed by atoms with E-state index in [2.05, 4.69) is 61.2 Å². The van der Waals surface area contributed by atoms with Gasteiger partial charge in [-0.15, -0.1) is 0 Å². The lowest BCUT2D eigenvalue weighted by Gasteiger charge is -2.11. The normalized spacial score (nSPS) is 12.0. The molecule has 0 unspecified atom stereocenters. The van der Waals surface area contributed by atoms with Crippen LogP contribution in [0.15, 0.2) is 73.2 Å². The highest BCUT2D eigenvalue weighted by Crippen LogP contribution is 2.35. The minimum Gasteiger partial charge on any atom is -0.382 e. The maximum Gasteiger partial charge on any atom is 0.209 e. The van der Waals surface area contributed by atoms with Crippen molar-refractivity contribution in [2.45, 2.75) is 26.4 Å². The van der Waals surface area contributed by atoms with Crippen LogP contribution in [0.2, 0.25) is 0 Å². The second kappa shape index (κ2) is 10.4. The minimum absolute atomic E-state index is 0.0223. The summed E-state index contributed by atoms with van der Waals surface area (Å²) in [6.45, 7) is 4.15. The average Bonchev–Trinajstić information content (AvgIpc) is 3.54. The number of nitrogens with one attached hydrogen (secondary N) is 4. The molecule has 0 aliphatic rings. The van der Waals surface area contributed by atoms with Gasteiger partial charge >= 0.3 is 0 Å². The Morgan fingerprint density at radius 2 is 1.73 bits per heavy atom. The largest absolute Gasteiger partial charge is 0.382 e. The highest BCUT2D eigenvalue weighted by atomic mass is 32.2. The number of aromatic amines is 2. The van der Waals surface area contributed by atoms with Gasteiger partial charge in [0, 0.05) is 58.6 Å². The molecule has 208 valence electrons. The molecule has 0 bridgehead atoms. The van der Waals surface area contributed by atoms with Gasteiger partial charge in [-0.2, -0.15) is 5.10 Å². The van der Waals surface area contributed by atoms with Crippen molar-refractivity contribution in [2.75, 3.05) is 11.6 Å². The van der Waals surface area contributed by atoms with Crippen LogP contribution in [-0.4, -0.2) is 45.9 Å². The Balaban J connectivity index is 1.40. The smallest absolute Gasteiger partial charge is 0.209 e. The van der Waals surface area contributed by atoms with E-state index < -0.39 is 15.8 Å². The Morgan fingerprint density at radius 3 is 2.54 bits per heavy atom. The van der Waals surface area contributed by atoms with Crippen molar-refractivity contribution in [1.29, 1.82) is 0 Å². The third kappa shape index (κ3) is 5.67. The fourth-order valence-electron chi connectivity index (χ4n) is 4.92. The molecule has 6 rings (SSSR count). The summed E-state index contributed by atoms with van der Waals surface area (Å²) < 4.78 is 40.1. The molecule has 0 saturated carbocycles. The van der Waals surface area contributed by atoms with Gasteiger partial charge < -0.3 is 10.3 Å². The zero-order valence-electron chi connectivity index (χ0n) is 22.7. The van der Waals surface area contributed by atoms with Crippen molar-refractivity contribution in [1.82, 2.24) is 29.9 Å². The van der Waals surface area contributed by atoms with E-state index in [-0.39, 0.29) is 6.54 Å². The van der Waals surface area contributed by atoms with Crippen molar-refractivity contribution in [2.24, 2.45) is 0 Å². The Morgan fingerprint density at radius 1 is 0.902 bits per heavy atom. The summed E-state index contributed by atoms with van der Waals surface area (Å²) >= 11 is 0. The molecule has 0 amide bonds. The van der Waals surface area contributed by atoms with Crippen LogP contribution in [0.3, 0.4) is 0 Å². The molecule has 0 atom stereocenters. The quantitative estimate of drug-likeness (QED) is 0.182. The molecule has 4 aromatic heterocycles. The standard InChI is InChI=1S/C30H28FN7O2S/c1-17(2)35-23-11-21(15-32-16-23)19-4-5-27-24(12-19)30(38-37-27)28-13-25-26(36-28)6-7-33-29(25)20-8-18(9-22(31)10-20)14-34-41(3,39)40/h4-13,15-17,34-36H,14H2,1-3H3,(H,37,38). The summed E-state index contributed by atoms with van der Waals surface area (Å²) in [5.41, 5.74) is 7.78. The first-order chi connectivity index (χ1) is 19.6. The van der Waals surface area contributed by atoms with Crippen molar-refractivity contribution in [3.8, 4) is 33.8 Å². The van der Waals surface area contributed by atoms with E-state index in [1.165, 1.54) is 12.1 Å². The van der Waals surface area contributed by atoms with Crippen LogP contribution >= 0.6 is 0 Å². The number of nitrogens with zero attached hydrogens (tertiary/aromatic N) is 3. The predicted octanol–water partition coefficient (Wildman–Crippen LogP) is 5.84. The van der Waals surface area contributed by atoms with Gasteiger partial charge in [-0.05, 0) is 73.5 Å². The van der Waals surface area contributed by atoms with Gasteiger partial charge in [0.25, 0.3) is 0 Å². The van der Waals surface area contributed by atoms with Crippen molar-refractivity contribution in [3.05, 3.63) is 84.6 Å². The predicted molar refractivity (Wildman–Crippen MR) is 160 cm³/mol. The Bertz CT molecular complexity index is 2010. The van der Waals surface area contributed by atoms with E-state index >= 15 is 0 Å². The SMILES string of the molecule is CC(C)Nc1cncc(-c2ccc3[nH]nc(-c4cc5c(-c6cc(F)cc(CNS(C)(=O)=O)c6)nccc5[nH]4)c3c2)c1. The average molecular weight is 570 g/mol. The molecule has 4 heterocycles. The van der Waals surface area contributed by atoms with Crippen molar-refractivity contribution < 1.29 is 12.8 Å². The first-order valence-electron chi connectivity index (χ1n) is 13.1. The highest BCUT2D eigenvalue weighted by molar-refractivity contribution is 7.88. The third-order valence-electron chi connectivity index (χ3n) is 6.66. The van der Waals surface area contributed by atoms with Crippen LogP contribution in [0.25, 0.3) is 55.6 Å². The molecule has 0 fully saturated rings. The Kier molecular flexibility index (Phi) is 6.76. The third-order valence-corrected chi connectivity index (χ3v) is 7.33. The molecule has 4 N–H and O–H groups in total. The van der Waals surface area contributed by atoms with Gasteiger partial charge in [-0.3, -0.25) is 15.1 Å². The zero-order chi connectivity index (χ0) is 28.7. The maximum absolute atomic E-state index is 14.6. The molecule has 0 spiro atoms. The molecular formula is C30H28FN7O2S. The molecule has 41 heavy (non-hydrogen) atoms. The van der Waals surface area contributed by atoms with Crippen LogP contribution in [-0.2, 0) is 16.6 Å². The molecule has 0 aliphatic carbocycles. The van der Waals surface area contributed by atoms with Gasteiger partial charge in [-0.25, -0.2) is 17.5 Å². The minimum atomic E-state index is -3.42. The van der Waals surface area contributed by atoms with Gasteiger partial charge in [0.2, 0.25) is 10.0 Å². The lowest BCUT2D eigenvalue weighted by Crippen LogP contribution is -2.21. The number of rotatable bonds is 8. The van der Waals surface area contributed by atoms with Crippen LogP contribution in [0, 0.1) is 5.82 Å². The summed E-state index contributed by atoms with van der Waals surface area (Å²) in [6, 6.07) is 16.7. The number of H-pyrrole nitrogens is 2. The van der Waals surface area contributed by atoms with Crippen LogP contribution in [0.4, 0.5) is 10.1 Å². The second-order valence-electron chi connectivity index (χ2n) is 10.3. The van der Waals surface area contributed by atoms with E-state index in [9.17, 15) is 12.8 Å². The fourth-order valence-corrected chi connectivity index (χ4v) is 5.35. The Hall–Kier alpha value is -4.61. The van der Waals surface area contributed by atoms with Gasteiger partial charge in [-0.1, -0.05) is 6.07 Å². The summed E-state index contributed by atoms with van der Waals surface area (Å²) in [5.74, 6) is -0.477. The highest BCUT2D eigenvalue weighted by Gasteiger charge is 2.16. The van der Waals surface area contributed by atoms with E-state index in [1.807, 2.05) is 36.7 Å². The molecule has 6 aromatic rings. The molecular weight excluding hydrogens is 541 g/mol. The van der Waals surface area contributed by atoms with Crippen molar-refractivity contribution in [3.63, 3.8) is 0 Å². The van der Waals surface area contributed by atoms with Gasteiger partial charge in [0.05, 0.1) is 28.8 Å². The van der Waals surface area contributed by atoms with Crippen LogP contribution in [0.5, 0.6) is 0 Å². The lowest BCUT2D eigenvalue weighted by molar-refractivity contribution is 0.586. The molecule has 0 radical (unpaired) electrons. The van der Waals surface area contributed by atoms with E-state index in [1.54, 1.807) is 12.3 Å². The summed E-state index contributed by atoms with van der Waals surface area (Å²) in [6.07, 6.45) is 6.37. The zero-order valence-corrected chi connectivity index (χ0v) is 23.5. The van der Waals surface area contributed by atoms with Crippen LogP contribution < -0.4 is 10.0 Å². The number of anilines is 1. The van der Waals surface area contributed by atoms with Crippen molar-refractivity contribution >= 4 is 37.5 Å². The number of halogens is 1. The van der Waals surface area contributed by atoms with Gasteiger partial charge in [0.15, 0.2) is 0 Å². The summed E-state index contributed by atoms with van der Waals surface area (Å²) in [7, 11) is -3.42. The summed E-state index contributed by atoms with van der Waals surface area (Å²) in [4.78, 5) is 12.4. The number of sulfonamides is 1. The molecule has 11 heteroatoms. The summed E-state index contributed by atoms with van der Waals surface area (Å²) in [5, 5.41) is 12.8. The first-order valence-corrected chi connectivity index (χ1v) is 14.9. The van der Waals surface area contributed by atoms with Crippen LogP contribution in [0.1, 0.15) is 19.4 Å². The van der Waals surface area contributed by atoms with E-state index in [4.69, 9.17) is 0 Å². The monoisotopic (exact) mass is 569 g/mol. The number of fused-ring (bicyclic) bond motifs is 2. The topological polar surface area (TPSA) is 128 Å². The number of hydrogen-bond acceptors (Lipinski definition) is 6. The maximum atomic E-state index is 14.6. The first kappa shape index (κ1) is 26.6. The molecule has 9 nitrogen and oxygen atoms in total. The molecule has 2 aromatic carbocycles. The lowest BCUT2D eigenvalue weighted by atomic mass is 10.0. The Labute approximate surface area is 236 Å². The second-order valence-corrected chi connectivity index (χ2v) is 12.2. The van der Waals surface area contributed by atoms with E-state index in [0.717, 1.165) is 56.3 Å². The number of benzene rings is 2. The number of pyridine rings is 2. The molecule has 0 saturated heterocycles.